The van der Waals surface area contributed by atoms with Crippen molar-refractivity contribution in [2.24, 2.45) is 0 Å². The fourth-order valence-electron chi connectivity index (χ4n) is 7.00. The van der Waals surface area contributed by atoms with Crippen LogP contribution in [-0.2, 0) is 10.0 Å². The van der Waals surface area contributed by atoms with E-state index in [1.807, 2.05) is 7.05 Å². The van der Waals surface area contributed by atoms with Crippen LogP contribution in [0.4, 0.5) is 13.6 Å². The predicted molar refractivity (Wildman–Crippen MR) is 172 cm³/mol. The first-order valence-corrected chi connectivity index (χ1v) is 17.0. The van der Waals surface area contributed by atoms with Gasteiger partial charge in [-0.1, -0.05) is 6.07 Å². The number of pyridine rings is 1. The Morgan fingerprint density at radius 2 is 1.71 bits per heavy atom. The van der Waals surface area contributed by atoms with E-state index >= 15 is 4.39 Å². The van der Waals surface area contributed by atoms with Crippen molar-refractivity contribution < 1.29 is 41.7 Å². The summed E-state index contributed by atoms with van der Waals surface area (Å²) >= 11 is 0. The van der Waals surface area contributed by atoms with Crippen LogP contribution in [0.15, 0.2) is 59.6 Å². The first-order chi connectivity index (χ1) is 23.0. The van der Waals surface area contributed by atoms with Gasteiger partial charge in [-0.2, -0.15) is 0 Å². The topological polar surface area (TPSA) is 138 Å². The van der Waals surface area contributed by atoms with Crippen LogP contribution in [-0.4, -0.2) is 101 Å². The third-order valence-corrected chi connectivity index (χ3v) is 11.0. The molecule has 0 aliphatic carbocycles. The van der Waals surface area contributed by atoms with Crippen molar-refractivity contribution in [3.05, 3.63) is 77.5 Å². The number of piperazine rings is 1. The Hall–Kier alpha value is -4.47. The van der Waals surface area contributed by atoms with Gasteiger partial charge < -0.3 is 24.6 Å². The van der Waals surface area contributed by atoms with E-state index in [4.69, 9.17) is 9.47 Å². The van der Waals surface area contributed by atoms with Crippen LogP contribution >= 0.6 is 0 Å². The minimum atomic E-state index is -4.65. The third kappa shape index (κ3) is 5.79. The van der Waals surface area contributed by atoms with Crippen LogP contribution in [0.25, 0.3) is 10.9 Å². The van der Waals surface area contributed by atoms with E-state index in [0.717, 1.165) is 36.9 Å². The molecule has 256 valence electrons. The van der Waals surface area contributed by atoms with Gasteiger partial charge in [0.05, 0.1) is 36.2 Å². The van der Waals surface area contributed by atoms with Crippen LogP contribution in [0.2, 0.25) is 0 Å². The van der Waals surface area contributed by atoms with Gasteiger partial charge in [0.1, 0.15) is 5.75 Å². The minimum Gasteiger partial charge on any atom is -0.497 e. The molecule has 4 heterocycles. The lowest BCUT2D eigenvalue weighted by molar-refractivity contribution is -0.0180. The van der Waals surface area contributed by atoms with Crippen molar-refractivity contribution in [1.29, 1.82) is 0 Å². The number of amides is 1. The predicted octanol–water partition coefficient (Wildman–Crippen LogP) is 4.84. The molecular weight excluding hydrogens is 648 g/mol. The molecule has 0 bridgehead atoms. The number of nitrogens with zero attached hydrogens (tertiary/aromatic N) is 5. The summed E-state index contributed by atoms with van der Waals surface area (Å²) in [6.45, 7) is 3.94. The minimum absolute atomic E-state index is 0.00586. The summed E-state index contributed by atoms with van der Waals surface area (Å²) in [4.78, 5) is 22.6. The number of hydrogen-bond acceptors (Lipinski definition) is 9. The molecule has 0 radical (unpaired) electrons. The Morgan fingerprint density at radius 3 is 2.35 bits per heavy atom. The van der Waals surface area contributed by atoms with E-state index in [0.29, 0.717) is 27.9 Å². The molecule has 2 fully saturated rings. The highest BCUT2D eigenvalue weighted by Crippen LogP contribution is 2.51. The number of aromatic nitrogens is 2. The molecule has 0 spiro atoms. The van der Waals surface area contributed by atoms with E-state index in [-0.39, 0.29) is 46.4 Å². The fourth-order valence-corrected chi connectivity index (χ4v) is 8.43. The zero-order chi connectivity index (χ0) is 34.3. The van der Waals surface area contributed by atoms with E-state index in [1.54, 1.807) is 25.3 Å². The van der Waals surface area contributed by atoms with Crippen molar-refractivity contribution in [1.82, 2.24) is 23.7 Å². The van der Waals surface area contributed by atoms with Crippen molar-refractivity contribution in [3.8, 4) is 17.5 Å². The maximum Gasteiger partial charge on any atom is 0.407 e. The maximum absolute atomic E-state index is 15.1. The molecule has 6 rings (SSSR count). The number of fused-ring (bicyclic) bond motifs is 1. The average Bonchev–Trinajstić information content (AvgIpc) is 3.35. The van der Waals surface area contributed by atoms with Gasteiger partial charge in [-0.15, -0.1) is 0 Å². The van der Waals surface area contributed by atoms with Crippen LogP contribution < -0.4 is 9.47 Å². The van der Waals surface area contributed by atoms with Gasteiger partial charge in [0.25, 0.3) is 10.0 Å². The summed E-state index contributed by atoms with van der Waals surface area (Å²) in [6.07, 6.45) is 1.73. The zero-order valence-corrected chi connectivity index (χ0v) is 27.5. The highest BCUT2D eigenvalue weighted by atomic mass is 32.2. The third-order valence-electron chi connectivity index (χ3n) is 9.27. The molecule has 2 unspecified atom stereocenters. The molecule has 2 aliphatic rings. The lowest BCUT2D eigenvalue weighted by Gasteiger charge is -2.51. The number of hydrogen-bond donors (Lipinski definition) is 2. The number of likely N-dealkylation sites (tertiary alicyclic amines) is 1. The highest BCUT2D eigenvalue weighted by Gasteiger charge is 2.48. The van der Waals surface area contributed by atoms with Crippen molar-refractivity contribution in [2.45, 2.75) is 42.8 Å². The number of benzene rings is 2. The van der Waals surface area contributed by atoms with Crippen LogP contribution in [0, 0.1) is 11.6 Å². The van der Waals surface area contributed by atoms with Crippen LogP contribution in [0.5, 0.6) is 17.5 Å². The van der Waals surface area contributed by atoms with Crippen LogP contribution in [0.1, 0.15) is 43.0 Å². The summed E-state index contributed by atoms with van der Waals surface area (Å²) in [5, 5.41) is 22.5. The number of methoxy groups -OCH3 is 1. The zero-order valence-electron chi connectivity index (χ0n) is 26.7. The molecule has 4 aromatic rings. The Balaban J connectivity index is 1.65. The van der Waals surface area contributed by atoms with E-state index in [9.17, 15) is 27.8 Å². The van der Waals surface area contributed by atoms with Crippen molar-refractivity contribution >= 4 is 27.0 Å². The fraction of sp³-hybridized carbons (Fsp3) is 0.394. The van der Waals surface area contributed by atoms with Gasteiger partial charge in [-0.05, 0) is 76.3 Å². The Bertz CT molecular complexity index is 1930. The number of rotatable bonds is 8. The molecule has 0 saturated carbocycles. The van der Waals surface area contributed by atoms with Crippen molar-refractivity contribution in [2.75, 3.05) is 46.9 Å². The smallest absolute Gasteiger partial charge is 0.407 e. The monoisotopic (exact) mass is 685 g/mol. The second-order valence-corrected chi connectivity index (χ2v) is 13.7. The first kappa shape index (κ1) is 33.4. The Labute approximate surface area is 276 Å². The van der Waals surface area contributed by atoms with Gasteiger partial charge in [-0.3, -0.25) is 9.80 Å². The van der Waals surface area contributed by atoms with E-state index in [1.165, 1.54) is 31.4 Å². The number of carbonyl (C=O) groups is 1. The molecular formula is C33H37F2N5O7S. The lowest BCUT2D eigenvalue weighted by atomic mass is 9.86. The molecule has 2 aliphatic heterocycles. The van der Waals surface area contributed by atoms with Gasteiger partial charge in [-0.25, -0.2) is 30.9 Å². The largest absolute Gasteiger partial charge is 0.497 e. The summed E-state index contributed by atoms with van der Waals surface area (Å²) in [5.74, 6) is -2.87. The molecule has 12 nitrogen and oxygen atoms in total. The van der Waals surface area contributed by atoms with Gasteiger partial charge in [0, 0.05) is 47.9 Å². The van der Waals surface area contributed by atoms with E-state index in [2.05, 4.69) is 14.8 Å². The van der Waals surface area contributed by atoms with E-state index < -0.39 is 45.7 Å². The number of aromatic hydroxyl groups is 1. The lowest BCUT2D eigenvalue weighted by Crippen LogP contribution is -2.56. The summed E-state index contributed by atoms with van der Waals surface area (Å²) in [5.41, 5.74) is -0.0265. The van der Waals surface area contributed by atoms with Crippen LogP contribution in [0.3, 0.4) is 0 Å². The van der Waals surface area contributed by atoms with Gasteiger partial charge >= 0.3 is 6.09 Å². The van der Waals surface area contributed by atoms with Gasteiger partial charge in [0.2, 0.25) is 11.8 Å². The first-order valence-electron chi connectivity index (χ1n) is 15.6. The summed E-state index contributed by atoms with van der Waals surface area (Å²) in [6, 6.07) is 8.12. The normalized spacial score (nSPS) is 19.9. The summed E-state index contributed by atoms with van der Waals surface area (Å²) in [7, 11) is -1.20. The molecule has 1 amide bonds. The molecule has 48 heavy (non-hydrogen) atoms. The molecule has 2 atom stereocenters. The molecule has 2 N–H and O–H groups in total. The van der Waals surface area contributed by atoms with Crippen molar-refractivity contribution in [3.63, 3.8) is 0 Å². The molecule has 15 heteroatoms. The van der Waals surface area contributed by atoms with Gasteiger partial charge in [0.15, 0.2) is 11.6 Å². The number of halogens is 2. The standard InChI is InChI=1S/C33H37F2N5O7S/c1-4-47-31-23(6-5-13-36-31)29-30(39(33(42)43)17-16-38(29)20-11-14-37(2)15-12-20)28-24-18-25(34)26(35)19-27(24)40(32(28)41)48(44,45)22-9-7-21(46-3)8-10-22/h5-10,13,18-20,29-30,41H,4,11-12,14-17H2,1-3H3,(H,42,43). The second-order valence-electron chi connectivity index (χ2n) is 11.9. The average molecular weight is 686 g/mol. The quantitative estimate of drug-likeness (QED) is 0.265. The molecule has 2 aromatic heterocycles. The highest BCUT2D eigenvalue weighted by molar-refractivity contribution is 7.90. The number of carboxylic acid groups (broad SMARTS) is 1. The number of ether oxygens (including phenoxy) is 2. The Morgan fingerprint density at radius 1 is 1.02 bits per heavy atom. The number of piperidine rings is 1. The SMILES string of the molecule is CCOc1ncccc1C1C(c2c(O)n(S(=O)(=O)c3ccc(OC)cc3)c3cc(F)c(F)cc23)N(C(=O)O)CCN1C1CCN(C)CC1. The Kier molecular flexibility index (Phi) is 9.20. The molecule has 2 aromatic carbocycles. The molecule has 2 saturated heterocycles. The summed E-state index contributed by atoms with van der Waals surface area (Å²) < 4.78 is 69.9. The maximum atomic E-state index is 15.1. The second kappa shape index (κ2) is 13.2.